The molecule has 0 spiro atoms. The topological polar surface area (TPSA) is 63.4 Å². The SMILES string of the molecule is O=C([N]CC1Nc2ccccc2Cc2ccccc21)c1ccccc1O. The standard InChI is InChI=1S/C22H19N2O2/c25-21-12-6-4-10-18(21)22(26)23-14-20-17-9-3-1-7-15(17)13-16-8-2-5-11-19(16)24-20/h1-12,20,24-25H,13-14H2. The molecule has 4 nitrogen and oxygen atoms in total. The second-order valence-corrected chi connectivity index (χ2v) is 6.39. The fourth-order valence-electron chi connectivity index (χ4n) is 3.38. The molecule has 1 atom stereocenters. The number of anilines is 1. The van der Waals surface area contributed by atoms with Crippen molar-refractivity contribution in [1.29, 1.82) is 0 Å². The number of rotatable bonds is 3. The molecule has 129 valence electrons. The lowest BCUT2D eigenvalue weighted by Gasteiger charge is -2.20. The average molecular weight is 343 g/mol. The molecule has 0 bridgehead atoms. The smallest absolute Gasteiger partial charge is 0.276 e. The summed E-state index contributed by atoms with van der Waals surface area (Å²) in [6.45, 7) is 0.304. The lowest BCUT2D eigenvalue weighted by atomic mass is 9.97. The van der Waals surface area contributed by atoms with Crippen molar-refractivity contribution in [2.24, 2.45) is 0 Å². The van der Waals surface area contributed by atoms with Gasteiger partial charge >= 0.3 is 0 Å². The van der Waals surface area contributed by atoms with E-state index in [-0.39, 0.29) is 17.4 Å². The van der Waals surface area contributed by atoms with Crippen LogP contribution in [0.5, 0.6) is 5.75 Å². The molecule has 1 amide bonds. The Kier molecular flexibility index (Phi) is 4.32. The number of nitrogens with zero attached hydrogens (tertiary/aromatic N) is 1. The number of aromatic hydroxyl groups is 1. The summed E-state index contributed by atoms with van der Waals surface area (Å²) >= 11 is 0. The summed E-state index contributed by atoms with van der Waals surface area (Å²) in [5.41, 5.74) is 4.92. The van der Waals surface area contributed by atoms with Gasteiger partial charge in [0.1, 0.15) is 5.75 Å². The van der Waals surface area contributed by atoms with Gasteiger partial charge in [-0.25, -0.2) is 5.32 Å². The van der Waals surface area contributed by atoms with Gasteiger partial charge in [-0.2, -0.15) is 0 Å². The molecule has 4 heteroatoms. The van der Waals surface area contributed by atoms with E-state index in [2.05, 4.69) is 34.9 Å². The van der Waals surface area contributed by atoms with Gasteiger partial charge in [-0.3, -0.25) is 4.79 Å². The minimum absolute atomic E-state index is 0.0409. The van der Waals surface area contributed by atoms with Gasteiger partial charge in [-0.1, -0.05) is 54.6 Å². The number of para-hydroxylation sites is 2. The maximum atomic E-state index is 12.4. The highest BCUT2D eigenvalue weighted by Gasteiger charge is 2.22. The number of benzene rings is 3. The molecule has 26 heavy (non-hydrogen) atoms. The van der Waals surface area contributed by atoms with Gasteiger partial charge in [-0.05, 0) is 41.3 Å². The molecular formula is C22H19N2O2. The quantitative estimate of drug-likeness (QED) is 0.758. The average Bonchev–Trinajstić information content (AvgIpc) is 2.83. The van der Waals surface area contributed by atoms with E-state index in [4.69, 9.17) is 0 Å². The lowest BCUT2D eigenvalue weighted by Crippen LogP contribution is -2.26. The third kappa shape index (κ3) is 3.14. The number of carbonyl (C=O) groups excluding carboxylic acids is 1. The van der Waals surface area contributed by atoms with Crippen LogP contribution in [0, 0.1) is 0 Å². The predicted octanol–water partition coefficient (Wildman–Crippen LogP) is 3.89. The number of fused-ring (bicyclic) bond motifs is 2. The number of phenolic OH excluding ortho intramolecular Hbond substituents is 1. The van der Waals surface area contributed by atoms with Crippen molar-refractivity contribution in [1.82, 2.24) is 5.32 Å². The first-order valence-corrected chi connectivity index (χ1v) is 8.64. The van der Waals surface area contributed by atoms with E-state index in [0.717, 1.165) is 17.7 Å². The van der Waals surface area contributed by atoms with Crippen molar-refractivity contribution < 1.29 is 9.90 Å². The molecule has 4 rings (SSSR count). The second kappa shape index (κ2) is 6.92. The minimum Gasteiger partial charge on any atom is -0.507 e. The van der Waals surface area contributed by atoms with Crippen molar-refractivity contribution in [3.05, 3.63) is 95.1 Å². The molecule has 1 radical (unpaired) electrons. The number of nitrogens with one attached hydrogen (secondary N) is 1. The summed E-state index contributed by atoms with van der Waals surface area (Å²) in [6, 6.07) is 22.9. The van der Waals surface area contributed by atoms with Crippen LogP contribution < -0.4 is 10.6 Å². The minimum atomic E-state index is -0.403. The predicted molar refractivity (Wildman–Crippen MR) is 101 cm³/mol. The van der Waals surface area contributed by atoms with E-state index >= 15 is 0 Å². The van der Waals surface area contributed by atoms with Gasteiger partial charge in [0.25, 0.3) is 5.91 Å². The Morgan fingerprint density at radius 1 is 0.962 bits per heavy atom. The number of hydrogen-bond donors (Lipinski definition) is 2. The second-order valence-electron chi connectivity index (χ2n) is 6.39. The molecule has 0 aromatic heterocycles. The van der Waals surface area contributed by atoms with E-state index in [1.54, 1.807) is 18.2 Å². The summed E-state index contributed by atoms with van der Waals surface area (Å²) in [5, 5.41) is 17.6. The maximum absolute atomic E-state index is 12.4. The molecule has 1 aliphatic rings. The van der Waals surface area contributed by atoms with Gasteiger partial charge in [-0.15, -0.1) is 0 Å². The number of phenols is 1. The van der Waals surface area contributed by atoms with E-state index < -0.39 is 5.91 Å². The lowest BCUT2D eigenvalue weighted by molar-refractivity contribution is 0.0944. The van der Waals surface area contributed by atoms with E-state index in [9.17, 15) is 9.90 Å². The Bertz CT molecular complexity index is 952. The Labute approximate surface area is 152 Å². The van der Waals surface area contributed by atoms with Crippen LogP contribution in [0.4, 0.5) is 5.69 Å². The van der Waals surface area contributed by atoms with Gasteiger partial charge in [0, 0.05) is 5.69 Å². The fraction of sp³-hybridized carbons (Fsp3) is 0.136. The Morgan fingerprint density at radius 3 is 2.50 bits per heavy atom. The highest BCUT2D eigenvalue weighted by molar-refractivity contribution is 5.96. The highest BCUT2D eigenvalue weighted by atomic mass is 16.3. The number of amides is 1. The third-order valence-electron chi connectivity index (χ3n) is 4.71. The number of hydrogen-bond acceptors (Lipinski definition) is 3. The molecule has 1 unspecified atom stereocenters. The molecule has 2 N–H and O–H groups in total. The van der Waals surface area contributed by atoms with Gasteiger partial charge in [0.15, 0.2) is 0 Å². The zero-order valence-electron chi connectivity index (χ0n) is 14.2. The third-order valence-corrected chi connectivity index (χ3v) is 4.71. The molecule has 3 aromatic rings. The van der Waals surface area contributed by atoms with Crippen molar-refractivity contribution in [3.63, 3.8) is 0 Å². The molecule has 3 aromatic carbocycles. The molecule has 1 heterocycles. The van der Waals surface area contributed by atoms with Crippen LogP contribution in [0.15, 0.2) is 72.8 Å². The summed E-state index contributed by atoms with van der Waals surface area (Å²) < 4.78 is 0. The zero-order valence-corrected chi connectivity index (χ0v) is 14.2. The van der Waals surface area contributed by atoms with Crippen LogP contribution in [0.25, 0.3) is 0 Å². The monoisotopic (exact) mass is 343 g/mol. The van der Waals surface area contributed by atoms with Crippen molar-refractivity contribution in [2.75, 3.05) is 11.9 Å². The molecule has 0 saturated heterocycles. The summed E-state index contributed by atoms with van der Waals surface area (Å²) in [6.07, 6.45) is 0.850. The van der Waals surface area contributed by atoms with Crippen LogP contribution >= 0.6 is 0 Å². The van der Waals surface area contributed by atoms with Crippen molar-refractivity contribution in [3.8, 4) is 5.75 Å². The summed E-state index contributed by atoms with van der Waals surface area (Å²) in [5.74, 6) is -0.444. The van der Waals surface area contributed by atoms with E-state index in [1.807, 2.05) is 24.3 Å². The molecule has 0 aliphatic carbocycles. The largest absolute Gasteiger partial charge is 0.507 e. The molecule has 1 aliphatic heterocycles. The van der Waals surface area contributed by atoms with Gasteiger partial charge in [0.05, 0.1) is 18.2 Å². The normalized spacial score (nSPS) is 15.2. The van der Waals surface area contributed by atoms with Crippen LogP contribution in [0.2, 0.25) is 0 Å². The first kappa shape index (κ1) is 16.2. The molecule has 0 fully saturated rings. The zero-order chi connectivity index (χ0) is 17.9. The molecular weight excluding hydrogens is 324 g/mol. The first-order chi connectivity index (χ1) is 12.7. The van der Waals surface area contributed by atoms with Crippen molar-refractivity contribution in [2.45, 2.75) is 12.5 Å². The molecule has 0 saturated carbocycles. The van der Waals surface area contributed by atoms with Gasteiger partial charge in [0.2, 0.25) is 0 Å². The first-order valence-electron chi connectivity index (χ1n) is 8.64. The van der Waals surface area contributed by atoms with Crippen molar-refractivity contribution >= 4 is 11.6 Å². The van der Waals surface area contributed by atoms with Crippen LogP contribution in [0.1, 0.15) is 33.1 Å². The van der Waals surface area contributed by atoms with E-state index in [1.165, 1.54) is 17.2 Å². The van der Waals surface area contributed by atoms with Gasteiger partial charge < -0.3 is 10.4 Å². The number of carbonyl (C=O) groups is 1. The van der Waals surface area contributed by atoms with Crippen LogP contribution in [-0.2, 0) is 6.42 Å². The van der Waals surface area contributed by atoms with Crippen LogP contribution in [-0.4, -0.2) is 17.6 Å². The van der Waals surface area contributed by atoms with E-state index in [0.29, 0.717) is 6.54 Å². The highest BCUT2D eigenvalue weighted by Crippen LogP contribution is 2.32. The maximum Gasteiger partial charge on any atom is 0.276 e. The Balaban J connectivity index is 1.59. The summed E-state index contributed by atoms with van der Waals surface area (Å²) in [7, 11) is 0. The Hall–Kier alpha value is -3.27. The van der Waals surface area contributed by atoms with Crippen LogP contribution in [0.3, 0.4) is 0 Å². The Morgan fingerprint density at radius 2 is 1.65 bits per heavy atom. The summed E-state index contributed by atoms with van der Waals surface area (Å²) in [4.78, 5) is 12.4. The fourth-order valence-corrected chi connectivity index (χ4v) is 3.38.